The van der Waals surface area contributed by atoms with E-state index in [9.17, 15) is 9.59 Å². The Labute approximate surface area is 107 Å². The maximum atomic E-state index is 11.8. The van der Waals surface area contributed by atoms with Crippen LogP contribution in [-0.2, 0) is 4.79 Å². The maximum Gasteiger partial charge on any atom is 0.330 e. The molecule has 0 aliphatic carbocycles. The minimum Gasteiger partial charge on any atom is -0.479 e. The Morgan fingerprint density at radius 3 is 2.53 bits per heavy atom. The van der Waals surface area contributed by atoms with Crippen molar-refractivity contribution < 1.29 is 14.7 Å². The van der Waals surface area contributed by atoms with Gasteiger partial charge in [-0.1, -0.05) is 30.3 Å². The number of H-pyrrole nitrogens is 1. The molecule has 98 valence electrons. The third-order valence-corrected chi connectivity index (χ3v) is 2.37. The number of hydrogen-bond acceptors (Lipinski definition) is 5. The van der Waals surface area contributed by atoms with Gasteiger partial charge in [0, 0.05) is 0 Å². The summed E-state index contributed by atoms with van der Waals surface area (Å²) < 4.78 is 0. The molecule has 1 aromatic heterocycles. The Bertz CT molecular complexity index is 595. The molecule has 2 aromatic rings. The minimum absolute atomic E-state index is 0.0864. The number of carboxylic acid groups (broad SMARTS) is 1. The van der Waals surface area contributed by atoms with E-state index in [1.54, 1.807) is 30.3 Å². The first-order valence-corrected chi connectivity index (χ1v) is 5.34. The van der Waals surface area contributed by atoms with Crippen molar-refractivity contribution in [3.05, 3.63) is 41.7 Å². The predicted octanol–water partition coefficient (Wildman–Crippen LogP) is -0.0574. The normalized spacial score (nSPS) is 11.8. The van der Waals surface area contributed by atoms with Crippen molar-refractivity contribution in [3.8, 4) is 0 Å². The molecule has 0 saturated carbocycles. The van der Waals surface area contributed by atoms with E-state index in [-0.39, 0.29) is 11.8 Å². The number of carbonyl (C=O) groups excluding carboxylic acids is 1. The van der Waals surface area contributed by atoms with Gasteiger partial charge >= 0.3 is 5.97 Å². The molecule has 2 rings (SSSR count). The van der Waals surface area contributed by atoms with Crippen LogP contribution in [0.25, 0.3) is 0 Å². The van der Waals surface area contributed by atoms with Crippen LogP contribution in [0.15, 0.2) is 30.3 Å². The summed E-state index contributed by atoms with van der Waals surface area (Å²) in [5.41, 5.74) is 5.72. The second-order valence-corrected chi connectivity index (χ2v) is 3.70. The molecule has 0 unspecified atom stereocenters. The Morgan fingerprint density at radius 2 is 2.00 bits per heavy atom. The van der Waals surface area contributed by atoms with Crippen LogP contribution in [0.3, 0.4) is 0 Å². The largest absolute Gasteiger partial charge is 0.479 e. The van der Waals surface area contributed by atoms with Crippen LogP contribution in [0, 0.1) is 0 Å². The van der Waals surface area contributed by atoms with Crippen LogP contribution < -0.4 is 11.1 Å². The maximum absolute atomic E-state index is 11.8. The second-order valence-electron chi connectivity index (χ2n) is 3.70. The molecule has 0 radical (unpaired) electrons. The summed E-state index contributed by atoms with van der Waals surface area (Å²) in [7, 11) is 0. The van der Waals surface area contributed by atoms with E-state index < -0.39 is 17.9 Å². The van der Waals surface area contributed by atoms with Gasteiger partial charge in [-0.2, -0.15) is 4.98 Å². The summed E-state index contributed by atoms with van der Waals surface area (Å²) in [4.78, 5) is 26.6. The summed E-state index contributed by atoms with van der Waals surface area (Å²) in [6.45, 7) is 0. The lowest BCUT2D eigenvalue weighted by molar-refractivity contribution is -0.139. The number of carboxylic acids is 1. The zero-order valence-corrected chi connectivity index (χ0v) is 9.70. The van der Waals surface area contributed by atoms with Crippen molar-refractivity contribution in [2.45, 2.75) is 6.04 Å². The number of aromatic amines is 1. The van der Waals surface area contributed by atoms with Crippen LogP contribution in [0.2, 0.25) is 0 Å². The van der Waals surface area contributed by atoms with Crippen molar-refractivity contribution in [3.63, 3.8) is 0 Å². The van der Waals surface area contributed by atoms with Gasteiger partial charge in [0.15, 0.2) is 6.04 Å². The lowest BCUT2D eigenvalue weighted by atomic mass is 10.1. The van der Waals surface area contributed by atoms with Crippen LogP contribution >= 0.6 is 0 Å². The molecule has 0 bridgehead atoms. The van der Waals surface area contributed by atoms with Crippen LogP contribution in [0.5, 0.6) is 0 Å². The number of anilines is 1. The molecule has 0 spiro atoms. The second kappa shape index (κ2) is 5.17. The molecule has 0 saturated heterocycles. The highest BCUT2D eigenvalue weighted by molar-refractivity contribution is 5.93. The van der Waals surface area contributed by atoms with Crippen molar-refractivity contribution >= 4 is 17.8 Å². The predicted molar refractivity (Wildman–Crippen MR) is 65.1 cm³/mol. The molecule has 1 amide bonds. The first-order valence-electron chi connectivity index (χ1n) is 5.34. The van der Waals surface area contributed by atoms with E-state index in [1.807, 2.05) is 0 Å². The average molecular weight is 261 g/mol. The third-order valence-electron chi connectivity index (χ3n) is 2.37. The molecular formula is C11H11N5O3. The summed E-state index contributed by atoms with van der Waals surface area (Å²) >= 11 is 0. The fourth-order valence-corrected chi connectivity index (χ4v) is 1.51. The molecule has 1 atom stereocenters. The molecular weight excluding hydrogens is 250 g/mol. The standard InChI is InChI=1S/C11H11N5O3/c12-11-14-8(15-16-11)9(17)13-7(10(18)19)6-4-2-1-3-5-6/h1-5,7H,(H,13,17)(H,18,19)(H3,12,14,15,16)/t7-/m1/s1. The summed E-state index contributed by atoms with van der Waals surface area (Å²) in [6, 6.07) is 7.16. The van der Waals surface area contributed by atoms with Gasteiger partial charge in [-0.3, -0.25) is 9.89 Å². The monoisotopic (exact) mass is 261 g/mol. The molecule has 0 aliphatic heterocycles. The van der Waals surface area contributed by atoms with Crippen molar-refractivity contribution in [1.82, 2.24) is 20.5 Å². The number of carbonyl (C=O) groups is 2. The van der Waals surface area contributed by atoms with Gasteiger partial charge in [-0.25, -0.2) is 4.79 Å². The highest BCUT2D eigenvalue weighted by Gasteiger charge is 2.23. The average Bonchev–Trinajstić information content (AvgIpc) is 2.83. The summed E-state index contributed by atoms with van der Waals surface area (Å²) in [5.74, 6) is -2.09. The fraction of sp³-hybridized carbons (Fsp3) is 0.0909. The topological polar surface area (TPSA) is 134 Å². The lowest BCUT2D eigenvalue weighted by Gasteiger charge is -2.13. The van der Waals surface area contributed by atoms with Gasteiger partial charge in [-0.15, -0.1) is 5.10 Å². The molecule has 1 aromatic carbocycles. The first kappa shape index (κ1) is 12.6. The summed E-state index contributed by atoms with van der Waals surface area (Å²) in [6.07, 6.45) is 0. The van der Waals surface area contributed by atoms with Gasteiger partial charge in [0.05, 0.1) is 0 Å². The van der Waals surface area contributed by atoms with E-state index in [0.717, 1.165) is 0 Å². The van der Waals surface area contributed by atoms with E-state index in [4.69, 9.17) is 10.8 Å². The number of nitrogens with two attached hydrogens (primary N) is 1. The number of aliphatic carboxylic acids is 1. The highest BCUT2D eigenvalue weighted by Crippen LogP contribution is 2.13. The molecule has 5 N–H and O–H groups in total. The van der Waals surface area contributed by atoms with E-state index in [0.29, 0.717) is 5.56 Å². The number of aromatic nitrogens is 3. The number of nitrogens with zero attached hydrogens (tertiary/aromatic N) is 2. The van der Waals surface area contributed by atoms with Gasteiger partial charge < -0.3 is 16.2 Å². The van der Waals surface area contributed by atoms with Gasteiger partial charge in [-0.05, 0) is 5.56 Å². The number of benzene rings is 1. The third kappa shape index (κ3) is 2.86. The van der Waals surface area contributed by atoms with Gasteiger partial charge in [0.2, 0.25) is 11.8 Å². The zero-order chi connectivity index (χ0) is 13.8. The molecule has 8 heteroatoms. The Morgan fingerprint density at radius 1 is 1.32 bits per heavy atom. The van der Waals surface area contributed by atoms with Gasteiger partial charge in [0.1, 0.15) is 0 Å². The number of nitrogen functional groups attached to an aromatic ring is 1. The van der Waals surface area contributed by atoms with E-state index in [2.05, 4.69) is 20.5 Å². The number of hydrogen-bond donors (Lipinski definition) is 4. The fourth-order valence-electron chi connectivity index (χ4n) is 1.51. The highest BCUT2D eigenvalue weighted by atomic mass is 16.4. The SMILES string of the molecule is Nc1n[nH]c(C(=O)N[C@@H](C(=O)O)c2ccccc2)n1. The molecule has 19 heavy (non-hydrogen) atoms. The van der Waals surface area contributed by atoms with E-state index in [1.165, 1.54) is 0 Å². The smallest absolute Gasteiger partial charge is 0.330 e. The zero-order valence-electron chi connectivity index (χ0n) is 9.70. The van der Waals surface area contributed by atoms with Crippen LogP contribution in [-0.4, -0.2) is 32.2 Å². The molecule has 0 fully saturated rings. The Hall–Kier alpha value is -2.90. The van der Waals surface area contributed by atoms with E-state index >= 15 is 0 Å². The Balaban J connectivity index is 2.18. The number of nitrogens with one attached hydrogen (secondary N) is 2. The Kier molecular flexibility index (Phi) is 3.42. The number of amides is 1. The van der Waals surface area contributed by atoms with Crippen LogP contribution in [0.1, 0.15) is 22.2 Å². The number of rotatable bonds is 4. The van der Waals surface area contributed by atoms with Crippen molar-refractivity contribution in [1.29, 1.82) is 0 Å². The van der Waals surface area contributed by atoms with Crippen LogP contribution in [0.4, 0.5) is 5.95 Å². The molecule has 8 nitrogen and oxygen atoms in total. The molecule has 1 heterocycles. The summed E-state index contributed by atoms with van der Waals surface area (Å²) in [5, 5.41) is 17.3. The minimum atomic E-state index is -1.17. The van der Waals surface area contributed by atoms with Gasteiger partial charge in [0.25, 0.3) is 5.91 Å². The quantitative estimate of drug-likeness (QED) is 0.609. The molecule has 0 aliphatic rings. The van der Waals surface area contributed by atoms with Crippen molar-refractivity contribution in [2.24, 2.45) is 0 Å². The lowest BCUT2D eigenvalue weighted by Crippen LogP contribution is -2.34. The van der Waals surface area contributed by atoms with Crippen molar-refractivity contribution in [2.75, 3.05) is 5.73 Å². The first-order chi connectivity index (χ1) is 9.08.